The topological polar surface area (TPSA) is 26.7 Å². The zero-order valence-corrected chi connectivity index (χ0v) is 18.7. The maximum atomic E-state index is 13.1. The molecule has 0 atom stereocenters. The molecule has 1 heterocycles. The second-order valence-electron chi connectivity index (χ2n) is 8.58. The van der Waals surface area contributed by atoms with E-state index >= 15 is 0 Å². The molecule has 3 aromatic rings. The molecule has 3 nitrogen and oxygen atoms in total. The van der Waals surface area contributed by atoms with Crippen molar-refractivity contribution in [2.24, 2.45) is 0 Å². The molecule has 3 aromatic carbocycles. The van der Waals surface area contributed by atoms with Gasteiger partial charge in [-0.1, -0.05) is 66.7 Å². The summed E-state index contributed by atoms with van der Waals surface area (Å²) in [5, 5.41) is 9.53. The van der Waals surface area contributed by atoms with Crippen molar-refractivity contribution < 1.29 is 31.4 Å². The summed E-state index contributed by atoms with van der Waals surface area (Å²) in [4.78, 5) is 4.67. The van der Waals surface area contributed by atoms with Crippen molar-refractivity contribution in [2.45, 2.75) is 24.5 Å². The molecule has 0 spiro atoms. The molecule has 186 valence electrons. The maximum absolute atomic E-state index is 13.1. The first-order valence-corrected chi connectivity index (χ1v) is 11.1. The fourth-order valence-corrected chi connectivity index (χ4v) is 4.26. The maximum Gasteiger partial charge on any atom is 0.430 e. The summed E-state index contributed by atoms with van der Waals surface area (Å²) < 4.78 is 78.5. The number of aliphatic hydroxyl groups is 1. The monoisotopic (exact) mass is 494 g/mol. The van der Waals surface area contributed by atoms with E-state index in [0.29, 0.717) is 23.3 Å². The number of alkyl halides is 6. The standard InChI is InChI=1S/C26H24F6N2O/c27-25(28,29)24(35,26(30,31)32)22-12-10-21(11-13-22)20-8-6-19(7-9-20)18-33-14-16-34(17-15-33)23-4-2-1-3-5-23/h1-13,35H,14-18H2. The van der Waals surface area contributed by atoms with Gasteiger partial charge in [-0.25, -0.2) is 0 Å². The molecular formula is C26H24F6N2O. The lowest BCUT2D eigenvalue weighted by molar-refractivity contribution is -0.376. The van der Waals surface area contributed by atoms with Crippen molar-refractivity contribution in [2.75, 3.05) is 31.1 Å². The van der Waals surface area contributed by atoms with E-state index in [1.807, 2.05) is 30.3 Å². The van der Waals surface area contributed by atoms with Crippen molar-refractivity contribution in [3.63, 3.8) is 0 Å². The van der Waals surface area contributed by atoms with E-state index in [4.69, 9.17) is 0 Å². The van der Waals surface area contributed by atoms with Crippen molar-refractivity contribution in [1.82, 2.24) is 4.90 Å². The molecule has 1 fully saturated rings. The van der Waals surface area contributed by atoms with Gasteiger partial charge >= 0.3 is 12.4 Å². The van der Waals surface area contributed by atoms with Crippen LogP contribution in [0.5, 0.6) is 0 Å². The number of piperazine rings is 1. The van der Waals surface area contributed by atoms with Crippen LogP contribution in [0.25, 0.3) is 11.1 Å². The Balaban J connectivity index is 1.40. The number of hydrogen-bond acceptors (Lipinski definition) is 3. The Kier molecular flexibility index (Phi) is 6.83. The van der Waals surface area contributed by atoms with Crippen LogP contribution in [-0.4, -0.2) is 48.5 Å². The van der Waals surface area contributed by atoms with Gasteiger partial charge in [0.15, 0.2) is 0 Å². The lowest BCUT2D eigenvalue weighted by atomic mass is 9.90. The van der Waals surface area contributed by atoms with Crippen LogP contribution in [-0.2, 0) is 12.1 Å². The summed E-state index contributed by atoms with van der Waals surface area (Å²) >= 11 is 0. The van der Waals surface area contributed by atoms with Gasteiger partial charge in [-0.2, -0.15) is 26.3 Å². The van der Waals surface area contributed by atoms with E-state index in [-0.39, 0.29) is 0 Å². The summed E-state index contributed by atoms with van der Waals surface area (Å²) in [6.45, 7) is 4.37. The smallest absolute Gasteiger partial charge is 0.369 e. The van der Waals surface area contributed by atoms with E-state index in [2.05, 4.69) is 21.9 Å². The molecule has 0 unspecified atom stereocenters. The van der Waals surface area contributed by atoms with Crippen LogP contribution in [0.2, 0.25) is 0 Å². The molecule has 0 aromatic heterocycles. The Labute approximate surface area is 199 Å². The van der Waals surface area contributed by atoms with Gasteiger partial charge in [0.1, 0.15) is 0 Å². The number of anilines is 1. The SMILES string of the molecule is OC(c1ccc(-c2ccc(CN3CCN(c4ccccc4)CC3)cc2)cc1)(C(F)(F)F)C(F)(F)F. The molecule has 35 heavy (non-hydrogen) atoms. The Bertz CT molecular complexity index is 1090. The fraction of sp³-hybridized carbons (Fsp3) is 0.308. The van der Waals surface area contributed by atoms with Crippen molar-refractivity contribution >= 4 is 5.69 Å². The third kappa shape index (κ3) is 5.16. The van der Waals surface area contributed by atoms with Gasteiger partial charge in [-0.05, 0) is 28.8 Å². The minimum Gasteiger partial charge on any atom is -0.369 e. The van der Waals surface area contributed by atoms with E-state index < -0.39 is 23.5 Å². The van der Waals surface area contributed by atoms with Crippen molar-refractivity contribution in [3.8, 4) is 11.1 Å². The first-order valence-electron chi connectivity index (χ1n) is 11.1. The molecule has 1 aliphatic heterocycles. The summed E-state index contributed by atoms with van der Waals surface area (Å²) in [6.07, 6.45) is -11.8. The number of halogens is 6. The Hall–Kier alpha value is -3.04. The zero-order chi connectivity index (χ0) is 25.3. The van der Waals surface area contributed by atoms with Gasteiger partial charge in [-0.3, -0.25) is 4.90 Å². The van der Waals surface area contributed by atoms with E-state index in [1.54, 1.807) is 12.1 Å². The quantitative estimate of drug-likeness (QED) is 0.442. The first-order chi connectivity index (χ1) is 16.5. The van der Waals surface area contributed by atoms with Crippen LogP contribution < -0.4 is 4.90 Å². The number of nitrogens with zero attached hydrogens (tertiary/aromatic N) is 2. The molecule has 0 saturated carbocycles. The van der Waals surface area contributed by atoms with Crippen LogP contribution in [0, 0.1) is 0 Å². The van der Waals surface area contributed by atoms with Crippen LogP contribution in [0.1, 0.15) is 11.1 Å². The second-order valence-corrected chi connectivity index (χ2v) is 8.58. The van der Waals surface area contributed by atoms with Gasteiger partial charge in [0.2, 0.25) is 0 Å². The molecule has 0 aliphatic carbocycles. The van der Waals surface area contributed by atoms with E-state index in [9.17, 15) is 31.4 Å². The average Bonchev–Trinajstić information content (AvgIpc) is 2.84. The third-order valence-electron chi connectivity index (χ3n) is 6.31. The number of para-hydroxylation sites is 1. The molecule has 9 heteroatoms. The molecule has 0 bridgehead atoms. The highest BCUT2D eigenvalue weighted by atomic mass is 19.4. The minimum absolute atomic E-state index is 0.448. The predicted octanol–water partition coefficient (Wildman–Crippen LogP) is 5.99. The summed E-state index contributed by atoms with van der Waals surface area (Å²) in [7, 11) is 0. The van der Waals surface area contributed by atoms with Gasteiger partial charge in [0.25, 0.3) is 5.60 Å². The van der Waals surface area contributed by atoms with Gasteiger partial charge < -0.3 is 10.0 Å². The van der Waals surface area contributed by atoms with Crippen LogP contribution in [0.3, 0.4) is 0 Å². The lowest BCUT2D eigenvalue weighted by Crippen LogP contribution is -2.53. The van der Waals surface area contributed by atoms with Gasteiger partial charge in [0, 0.05) is 44.0 Å². The molecule has 0 amide bonds. The normalized spacial score (nSPS) is 15.9. The first kappa shape index (κ1) is 25.1. The third-order valence-corrected chi connectivity index (χ3v) is 6.31. The molecule has 0 radical (unpaired) electrons. The van der Waals surface area contributed by atoms with Gasteiger partial charge in [-0.15, -0.1) is 0 Å². The predicted molar refractivity (Wildman–Crippen MR) is 122 cm³/mol. The molecule has 1 N–H and O–H groups in total. The number of rotatable bonds is 5. The highest BCUT2D eigenvalue weighted by Crippen LogP contribution is 2.50. The lowest BCUT2D eigenvalue weighted by Gasteiger charge is -2.36. The minimum atomic E-state index is -5.90. The zero-order valence-electron chi connectivity index (χ0n) is 18.7. The molecule has 1 saturated heterocycles. The Morgan fingerprint density at radius 1 is 0.629 bits per heavy atom. The number of benzene rings is 3. The van der Waals surface area contributed by atoms with E-state index in [0.717, 1.165) is 50.4 Å². The van der Waals surface area contributed by atoms with Crippen LogP contribution >= 0.6 is 0 Å². The number of hydrogen-bond donors (Lipinski definition) is 1. The van der Waals surface area contributed by atoms with E-state index in [1.165, 1.54) is 5.69 Å². The second kappa shape index (κ2) is 9.54. The highest BCUT2D eigenvalue weighted by molar-refractivity contribution is 5.64. The molecular weight excluding hydrogens is 470 g/mol. The summed E-state index contributed by atoms with van der Waals surface area (Å²) in [5.74, 6) is 0. The largest absolute Gasteiger partial charge is 0.430 e. The van der Waals surface area contributed by atoms with Crippen LogP contribution in [0.4, 0.5) is 32.0 Å². The van der Waals surface area contributed by atoms with Crippen molar-refractivity contribution in [3.05, 3.63) is 90.0 Å². The summed E-state index contributed by atoms with van der Waals surface area (Å²) in [5.41, 5.74) is -2.84. The van der Waals surface area contributed by atoms with Crippen LogP contribution in [0.15, 0.2) is 78.9 Å². The fourth-order valence-electron chi connectivity index (χ4n) is 4.26. The molecule has 4 rings (SSSR count). The molecule has 1 aliphatic rings. The highest BCUT2D eigenvalue weighted by Gasteiger charge is 2.71. The Morgan fingerprint density at radius 2 is 1.11 bits per heavy atom. The van der Waals surface area contributed by atoms with Gasteiger partial charge in [0.05, 0.1) is 0 Å². The average molecular weight is 494 g/mol. The van der Waals surface area contributed by atoms with Crippen molar-refractivity contribution in [1.29, 1.82) is 0 Å². The summed E-state index contributed by atoms with van der Waals surface area (Å²) in [6, 6.07) is 21.2. The Morgan fingerprint density at radius 3 is 1.60 bits per heavy atom.